The predicted molar refractivity (Wildman–Crippen MR) is 80.7 cm³/mol. The van der Waals surface area contributed by atoms with Gasteiger partial charge in [0.2, 0.25) is 0 Å². The Hall–Kier alpha value is -1.37. The zero-order valence-corrected chi connectivity index (χ0v) is 12.7. The average molecular weight is 317 g/mol. The number of nitrogens with two attached hydrogens (primary N) is 1. The standard InChI is InChI=1S/C14H18F3N3S/c1-2-6-20(8-14(15,16)17)13-10(12(18)21)7-9-4-3-5-11(9)19-13/h7H,2-6,8H2,1H3,(H2,18,21). The molecule has 1 heterocycles. The number of thiocarbonyl (C=S) groups is 1. The molecule has 0 saturated carbocycles. The maximum absolute atomic E-state index is 12.8. The lowest BCUT2D eigenvalue weighted by molar-refractivity contribution is -0.119. The third-order valence-corrected chi connectivity index (χ3v) is 3.68. The summed E-state index contributed by atoms with van der Waals surface area (Å²) in [6.45, 7) is 1.06. The Morgan fingerprint density at radius 3 is 2.71 bits per heavy atom. The van der Waals surface area contributed by atoms with E-state index in [1.807, 2.05) is 13.0 Å². The minimum Gasteiger partial charge on any atom is -0.389 e. The molecule has 116 valence electrons. The van der Waals surface area contributed by atoms with E-state index in [0.29, 0.717) is 12.0 Å². The predicted octanol–water partition coefficient (Wildman–Crippen LogP) is 2.98. The van der Waals surface area contributed by atoms with E-state index in [-0.39, 0.29) is 17.4 Å². The number of nitrogens with zero attached hydrogens (tertiary/aromatic N) is 2. The molecule has 1 aromatic rings. The van der Waals surface area contributed by atoms with Crippen molar-refractivity contribution >= 4 is 23.0 Å². The van der Waals surface area contributed by atoms with E-state index >= 15 is 0 Å². The molecule has 0 saturated heterocycles. The van der Waals surface area contributed by atoms with Gasteiger partial charge in [-0.25, -0.2) is 4.98 Å². The monoisotopic (exact) mass is 317 g/mol. The second kappa shape index (κ2) is 6.17. The molecule has 0 aromatic carbocycles. The van der Waals surface area contributed by atoms with Crippen LogP contribution in [-0.2, 0) is 12.8 Å². The first-order valence-corrected chi connectivity index (χ1v) is 7.37. The topological polar surface area (TPSA) is 42.2 Å². The second-order valence-corrected chi connectivity index (χ2v) is 5.66. The largest absolute Gasteiger partial charge is 0.405 e. The van der Waals surface area contributed by atoms with Crippen molar-refractivity contribution in [2.75, 3.05) is 18.0 Å². The summed E-state index contributed by atoms with van der Waals surface area (Å²) in [5, 5.41) is 0. The third kappa shape index (κ3) is 3.84. The number of aryl methyl sites for hydroxylation is 2. The van der Waals surface area contributed by atoms with Crippen molar-refractivity contribution in [3.8, 4) is 0 Å². The molecular weight excluding hydrogens is 299 g/mol. The summed E-state index contributed by atoms with van der Waals surface area (Å²) in [6.07, 6.45) is -1.05. The van der Waals surface area contributed by atoms with Crippen LogP contribution in [0.4, 0.5) is 19.0 Å². The fourth-order valence-electron chi connectivity index (χ4n) is 2.63. The number of fused-ring (bicyclic) bond motifs is 1. The molecule has 0 bridgehead atoms. The molecule has 2 N–H and O–H groups in total. The van der Waals surface area contributed by atoms with E-state index in [9.17, 15) is 13.2 Å². The molecule has 1 aliphatic rings. The van der Waals surface area contributed by atoms with Crippen molar-refractivity contribution in [2.24, 2.45) is 5.73 Å². The first kappa shape index (κ1) is 16.0. The first-order valence-electron chi connectivity index (χ1n) is 6.96. The smallest absolute Gasteiger partial charge is 0.389 e. The summed E-state index contributed by atoms with van der Waals surface area (Å²) in [7, 11) is 0. The maximum Gasteiger partial charge on any atom is 0.405 e. The molecule has 0 radical (unpaired) electrons. The number of aromatic nitrogens is 1. The highest BCUT2D eigenvalue weighted by molar-refractivity contribution is 7.80. The number of rotatable bonds is 5. The fraction of sp³-hybridized carbons (Fsp3) is 0.571. The van der Waals surface area contributed by atoms with Gasteiger partial charge in [0.05, 0.1) is 5.56 Å². The van der Waals surface area contributed by atoms with Crippen LogP contribution in [0.2, 0.25) is 0 Å². The second-order valence-electron chi connectivity index (χ2n) is 5.22. The van der Waals surface area contributed by atoms with Gasteiger partial charge in [0.15, 0.2) is 0 Å². The Kier molecular flexibility index (Phi) is 4.70. The molecule has 7 heteroatoms. The van der Waals surface area contributed by atoms with Crippen molar-refractivity contribution in [3.05, 3.63) is 22.9 Å². The lowest BCUT2D eigenvalue weighted by Gasteiger charge is -2.27. The molecule has 0 unspecified atom stereocenters. The molecule has 2 rings (SSSR count). The summed E-state index contributed by atoms with van der Waals surface area (Å²) in [5.74, 6) is 0.266. The summed E-state index contributed by atoms with van der Waals surface area (Å²) in [4.78, 5) is 5.76. The zero-order chi connectivity index (χ0) is 15.6. The minimum atomic E-state index is -4.29. The number of pyridine rings is 1. The van der Waals surface area contributed by atoms with Crippen LogP contribution < -0.4 is 10.6 Å². The van der Waals surface area contributed by atoms with E-state index in [1.54, 1.807) is 0 Å². The number of hydrogen-bond donors (Lipinski definition) is 1. The van der Waals surface area contributed by atoms with Gasteiger partial charge in [-0.15, -0.1) is 0 Å². The van der Waals surface area contributed by atoms with Gasteiger partial charge < -0.3 is 10.6 Å². The van der Waals surface area contributed by atoms with Gasteiger partial charge in [-0.2, -0.15) is 13.2 Å². The van der Waals surface area contributed by atoms with Gasteiger partial charge in [-0.1, -0.05) is 19.1 Å². The van der Waals surface area contributed by atoms with Crippen LogP contribution in [-0.4, -0.2) is 29.2 Å². The highest BCUT2D eigenvalue weighted by Gasteiger charge is 2.32. The summed E-state index contributed by atoms with van der Waals surface area (Å²) in [5.41, 5.74) is 8.05. The van der Waals surface area contributed by atoms with Crippen molar-refractivity contribution in [1.82, 2.24) is 4.98 Å². The quantitative estimate of drug-likeness (QED) is 0.848. The van der Waals surface area contributed by atoms with Gasteiger partial charge in [0.25, 0.3) is 0 Å². The zero-order valence-electron chi connectivity index (χ0n) is 11.8. The van der Waals surface area contributed by atoms with Gasteiger partial charge in [-0.05, 0) is 37.3 Å². The summed E-state index contributed by atoms with van der Waals surface area (Å²) >= 11 is 5.00. The van der Waals surface area contributed by atoms with E-state index < -0.39 is 12.7 Å². The van der Waals surface area contributed by atoms with Crippen LogP contribution in [0.3, 0.4) is 0 Å². The van der Waals surface area contributed by atoms with Crippen LogP contribution in [0.15, 0.2) is 6.07 Å². The van der Waals surface area contributed by atoms with Crippen LogP contribution in [0.5, 0.6) is 0 Å². The van der Waals surface area contributed by atoms with Crippen molar-refractivity contribution in [2.45, 2.75) is 38.8 Å². The highest BCUT2D eigenvalue weighted by Crippen LogP contribution is 2.29. The Morgan fingerprint density at radius 1 is 1.43 bits per heavy atom. The van der Waals surface area contributed by atoms with E-state index in [2.05, 4.69) is 4.98 Å². The van der Waals surface area contributed by atoms with E-state index in [1.165, 1.54) is 4.90 Å². The SMILES string of the molecule is CCCN(CC(F)(F)F)c1nc2c(cc1C(N)=S)CCC2. The number of halogens is 3. The number of anilines is 1. The van der Waals surface area contributed by atoms with Crippen molar-refractivity contribution in [3.63, 3.8) is 0 Å². The lowest BCUT2D eigenvalue weighted by Crippen LogP contribution is -2.37. The molecular formula is C14H18F3N3S. The third-order valence-electron chi connectivity index (χ3n) is 3.46. The van der Waals surface area contributed by atoms with Gasteiger partial charge >= 0.3 is 6.18 Å². The summed E-state index contributed by atoms with van der Waals surface area (Å²) < 4.78 is 38.4. The molecule has 0 amide bonds. The molecule has 0 atom stereocenters. The molecule has 0 spiro atoms. The first-order chi connectivity index (χ1) is 9.81. The van der Waals surface area contributed by atoms with Crippen molar-refractivity contribution in [1.29, 1.82) is 0 Å². The Balaban J connectivity index is 2.45. The van der Waals surface area contributed by atoms with E-state index in [4.69, 9.17) is 18.0 Å². The summed E-state index contributed by atoms with van der Waals surface area (Å²) in [6, 6.07) is 1.81. The van der Waals surface area contributed by atoms with Crippen LogP contribution >= 0.6 is 12.2 Å². The normalized spacial score (nSPS) is 14.1. The maximum atomic E-state index is 12.8. The van der Waals surface area contributed by atoms with Crippen LogP contribution in [0.1, 0.15) is 36.6 Å². The van der Waals surface area contributed by atoms with Crippen LogP contribution in [0, 0.1) is 0 Å². The molecule has 3 nitrogen and oxygen atoms in total. The van der Waals surface area contributed by atoms with Gasteiger partial charge in [-0.3, -0.25) is 0 Å². The highest BCUT2D eigenvalue weighted by atomic mass is 32.1. The Labute approximate surface area is 127 Å². The van der Waals surface area contributed by atoms with Crippen LogP contribution in [0.25, 0.3) is 0 Å². The molecule has 0 fully saturated rings. The van der Waals surface area contributed by atoms with E-state index in [0.717, 1.165) is 30.5 Å². The lowest BCUT2D eigenvalue weighted by atomic mass is 10.1. The van der Waals surface area contributed by atoms with Gasteiger partial charge in [0, 0.05) is 12.2 Å². The van der Waals surface area contributed by atoms with Crippen molar-refractivity contribution < 1.29 is 13.2 Å². The molecule has 1 aliphatic carbocycles. The minimum absolute atomic E-state index is 0.0930. The van der Waals surface area contributed by atoms with Gasteiger partial charge in [0.1, 0.15) is 17.4 Å². The average Bonchev–Trinajstić information content (AvgIpc) is 2.82. The fourth-order valence-corrected chi connectivity index (χ4v) is 2.78. The number of alkyl halides is 3. The Morgan fingerprint density at radius 2 is 2.14 bits per heavy atom. The molecule has 1 aromatic heterocycles. The molecule has 21 heavy (non-hydrogen) atoms. The Bertz CT molecular complexity index is 543. The number of hydrogen-bond acceptors (Lipinski definition) is 3. The molecule has 0 aliphatic heterocycles.